The van der Waals surface area contributed by atoms with Gasteiger partial charge in [0.2, 0.25) is 0 Å². The van der Waals surface area contributed by atoms with Crippen LogP contribution in [-0.4, -0.2) is 82.6 Å². The molecule has 0 bridgehead atoms. The van der Waals surface area contributed by atoms with Crippen molar-refractivity contribution in [2.24, 2.45) is 0 Å². The lowest BCUT2D eigenvalue weighted by Gasteiger charge is -2.48. The number of aromatic amines is 1. The van der Waals surface area contributed by atoms with E-state index in [0.717, 1.165) is 74.8 Å². The lowest BCUT2D eigenvalue weighted by atomic mass is 9.95. The number of rotatable bonds is 7. The minimum atomic E-state index is -0.408. The highest BCUT2D eigenvalue weighted by atomic mass is 35.5. The molecule has 2 atom stereocenters. The summed E-state index contributed by atoms with van der Waals surface area (Å²) in [5.41, 5.74) is 1.80. The Bertz CT molecular complexity index is 1210. The highest BCUT2D eigenvalue weighted by molar-refractivity contribution is 6.33. The van der Waals surface area contributed by atoms with Crippen molar-refractivity contribution < 1.29 is 9.53 Å². The monoisotopic (exact) mass is 556 g/mol. The second kappa shape index (κ2) is 12.0. The van der Waals surface area contributed by atoms with E-state index in [1.54, 1.807) is 12.4 Å². The lowest BCUT2D eigenvalue weighted by Crippen LogP contribution is -2.58. The minimum absolute atomic E-state index is 0.228. The number of hydrogen-bond acceptors (Lipinski definition) is 7. The first-order valence-electron chi connectivity index (χ1n) is 13.2. The zero-order valence-corrected chi connectivity index (χ0v) is 23.3. The molecule has 1 aromatic carbocycles. The number of nitrogens with one attached hydrogen (secondary N) is 1. The Balaban J connectivity index is 1.23. The Morgan fingerprint density at radius 3 is 2.53 bits per heavy atom. The van der Waals surface area contributed by atoms with E-state index in [1.807, 2.05) is 36.5 Å². The van der Waals surface area contributed by atoms with Crippen molar-refractivity contribution in [2.45, 2.75) is 44.3 Å². The van der Waals surface area contributed by atoms with Crippen molar-refractivity contribution in [2.75, 3.05) is 44.7 Å². The number of piperidine rings is 1. The smallest absolute Gasteiger partial charge is 0.327 e. The third kappa shape index (κ3) is 5.69. The largest absolute Gasteiger partial charge is 0.468 e. The second-order valence-corrected chi connectivity index (χ2v) is 10.8. The molecule has 0 amide bonds. The predicted molar refractivity (Wildman–Crippen MR) is 151 cm³/mol. The normalized spacial score (nSPS) is 20.4. The van der Waals surface area contributed by atoms with Crippen LogP contribution in [0, 0.1) is 0 Å². The Morgan fingerprint density at radius 1 is 1.13 bits per heavy atom. The van der Waals surface area contributed by atoms with E-state index in [2.05, 4.69) is 31.6 Å². The number of pyridine rings is 1. The van der Waals surface area contributed by atoms with Gasteiger partial charge in [0.25, 0.3) is 0 Å². The third-order valence-electron chi connectivity index (χ3n) is 7.84. The average molecular weight is 558 g/mol. The lowest BCUT2D eigenvalue weighted by molar-refractivity contribution is -0.148. The fraction of sp³-hybridized carbons (Fsp3) is 0.464. The van der Waals surface area contributed by atoms with Crippen LogP contribution in [0.2, 0.25) is 10.0 Å². The van der Waals surface area contributed by atoms with Gasteiger partial charge in [-0.2, -0.15) is 0 Å². The molecule has 1 N–H and O–H groups in total. The quantitative estimate of drug-likeness (QED) is 0.407. The number of aromatic nitrogens is 3. The number of imidazole rings is 1. The Labute approximate surface area is 233 Å². The molecule has 38 heavy (non-hydrogen) atoms. The molecular weight excluding hydrogens is 523 g/mol. The summed E-state index contributed by atoms with van der Waals surface area (Å²) in [5, 5.41) is 1.30. The van der Waals surface area contributed by atoms with Crippen molar-refractivity contribution in [1.82, 2.24) is 24.8 Å². The molecule has 2 aromatic heterocycles. The van der Waals surface area contributed by atoms with Gasteiger partial charge in [-0.15, -0.1) is 0 Å². The molecule has 2 saturated heterocycles. The van der Waals surface area contributed by atoms with Gasteiger partial charge in [0.15, 0.2) is 0 Å². The number of hydrogen-bond donors (Lipinski definition) is 1. The van der Waals surface area contributed by atoms with Gasteiger partial charge in [0.05, 0.1) is 12.1 Å². The average Bonchev–Trinajstić information content (AvgIpc) is 3.49. The van der Waals surface area contributed by atoms with Crippen molar-refractivity contribution >= 4 is 35.0 Å². The van der Waals surface area contributed by atoms with E-state index in [1.165, 1.54) is 7.11 Å². The van der Waals surface area contributed by atoms with Gasteiger partial charge in [0.1, 0.15) is 17.7 Å². The number of methoxy groups -OCH3 is 1. The molecule has 4 heterocycles. The van der Waals surface area contributed by atoms with Crippen LogP contribution in [0.1, 0.15) is 37.8 Å². The number of likely N-dealkylation sites (tertiary alicyclic amines) is 1. The van der Waals surface area contributed by atoms with E-state index < -0.39 is 6.04 Å². The third-order valence-corrected chi connectivity index (χ3v) is 8.37. The SMILES string of the molecule is CC[C@H]1CN(c2ncc(-c3ncc[nH]3)cc2Cl)CCN1C1CCN([C@H](C(=O)OC)c2ccc(Cl)cc2)CC1. The molecule has 0 saturated carbocycles. The molecule has 0 aliphatic carbocycles. The summed E-state index contributed by atoms with van der Waals surface area (Å²) in [6.45, 7) is 6.65. The zero-order chi connectivity index (χ0) is 26.6. The highest BCUT2D eigenvalue weighted by Crippen LogP contribution is 2.33. The summed E-state index contributed by atoms with van der Waals surface area (Å²) < 4.78 is 5.17. The molecule has 8 nitrogen and oxygen atoms in total. The summed E-state index contributed by atoms with van der Waals surface area (Å²) in [5.74, 6) is 1.37. The summed E-state index contributed by atoms with van der Waals surface area (Å²) in [6.07, 6.45) is 8.42. The van der Waals surface area contributed by atoms with Gasteiger partial charge < -0.3 is 14.6 Å². The van der Waals surface area contributed by atoms with Crippen LogP contribution in [0.15, 0.2) is 48.9 Å². The molecule has 2 fully saturated rings. The first kappa shape index (κ1) is 26.9. The maximum atomic E-state index is 12.7. The predicted octanol–water partition coefficient (Wildman–Crippen LogP) is 5.06. The molecule has 0 unspecified atom stereocenters. The van der Waals surface area contributed by atoms with Gasteiger partial charge in [-0.3, -0.25) is 9.80 Å². The fourth-order valence-corrected chi connectivity index (χ4v) is 6.26. The first-order valence-corrected chi connectivity index (χ1v) is 14.0. The Kier molecular flexibility index (Phi) is 8.53. The number of anilines is 1. The molecule has 10 heteroatoms. The van der Waals surface area contributed by atoms with Gasteiger partial charge in [-0.1, -0.05) is 42.3 Å². The maximum absolute atomic E-state index is 12.7. The molecule has 5 rings (SSSR count). The van der Waals surface area contributed by atoms with E-state index >= 15 is 0 Å². The van der Waals surface area contributed by atoms with Crippen LogP contribution in [-0.2, 0) is 9.53 Å². The summed E-state index contributed by atoms with van der Waals surface area (Å²) >= 11 is 12.8. The van der Waals surface area contributed by atoms with Crippen molar-refractivity contribution in [3.63, 3.8) is 0 Å². The molecule has 0 spiro atoms. The van der Waals surface area contributed by atoms with E-state index in [4.69, 9.17) is 32.9 Å². The zero-order valence-electron chi connectivity index (χ0n) is 21.8. The minimum Gasteiger partial charge on any atom is -0.468 e. The Morgan fingerprint density at radius 2 is 1.89 bits per heavy atom. The van der Waals surface area contributed by atoms with Crippen LogP contribution >= 0.6 is 23.2 Å². The van der Waals surface area contributed by atoms with Crippen molar-refractivity contribution in [3.8, 4) is 11.4 Å². The topological polar surface area (TPSA) is 77.6 Å². The maximum Gasteiger partial charge on any atom is 0.327 e. The van der Waals surface area contributed by atoms with Crippen molar-refractivity contribution in [3.05, 3.63) is 64.5 Å². The number of ether oxygens (including phenoxy) is 1. The molecule has 3 aromatic rings. The molecule has 202 valence electrons. The Hall–Kier alpha value is -2.65. The number of halogens is 2. The number of esters is 1. The van der Waals surface area contributed by atoms with Crippen LogP contribution in [0.3, 0.4) is 0 Å². The second-order valence-electron chi connectivity index (χ2n) is 9.96. The number of nitrogens with zero attached hydrogens (tertiary/aromatic N) is 5. The summed E-state index contributed by atoms with van der Waals surface area (Å²) in [6, 6.07) is 9.92. The van der Waals surface area contributed by atoms with Crippen LogP contribution < -0.4 is 4.90 Å². The molecular formula is C28H34Cl2N6O2. The van der Waals surface area contributed by atoms with E-state index in [9.17, 15) is 4.79 Å². The number of benzene rings is 1. The van der Waals surface area contributed by atoms with Gasteiger partial charge in [-0.25, -0.2) is 14.8 Å². The van der Waals surface area contributed by atoms with Crippen LogP contribution in [0.5, 0.6) is 0 Å². The first-order chi connectivity index (χ1) is 18.5. The highest BCUT2D eigenvalue weighted by Gasteiger charge is 2.37. The van der Waals surface area contributed by atoms with Gasteiger partial charge in [0, 0.05) is 74.0 Å². The summed E-state index contributed by atoms with van der Waals surface area (Å²) in [7, 11) is 1.45. The van der Waals surface area contributed by atoms with E-state index in [-0.39, 0.29) is 5.97 Å². The van der Waals surface area contributed by atoms with E-state index in [0.29, 0.717) is 22.1 Å². The molecule has 2 aliphatic heterocycles. The number of H-pyrrole nitrogens is 1. The number of carbonyl (C=O) groups is 1. The summed E-state index contributed by atoms with van der Waals surface area (Å²) in [4.78, 5) is 32.1. The molecule has 0 radical (unpaired) electrons. The number of piperazine rings is 1. The standard InChI is InChI=1S/C28H34Cl2N6O2/c1-3-22-18-35(27-24(30)16-20(17-33-27)26-31-10-11-32-26)14-15-36(22)23-8-12-34(13-9-23)25(28(37)38-2)19-4-6-21(29)7-5-19/h4-7,10-11,16-17,22-23,25H,3,8-9,12-15,18H2,1-2H3,(H,31,32)/t22-,25-/m0/s1. The number of carbonyl (C=O) groups excluding carboxylic acids is 1. The van der Waals surface area contributed by atoms with Crippen LogP contribution in [0.4, 0.5) is 5.82 Å². The molecule has 2 aliphatic rings. The fourth-order valence-electron chi connectivity index (χ4n) is 5.85. The van der Waals surface area contributed by atoms with Crippen LogP contribution in [0.25, 0.3) is 11.4 Å². The van der Waals surface area contributed by atoms with Gasteiger partial charge >= 0.3 is 5.97 Å². The van der Waals surface area contributed by atoms with Crippen molar-refractivity contribution in [1.29, 1.82) is 0 Å². The van der Waals surface area contributed by atoms with Gasteiger partial charge in [-0.05, 0) is 43.0 Å².